The van der Waals surface area contributed by atoms with Crippen LogP contribution in [0.5, 0.6) is 0 Å². The summed E-state index contributed by atoms with van der Waals surface area (Å²) in [5, 5.41) is 3.27. The summed E-state index contributed by atoms with van der Waals surface area (Å²) in [4.78, 5) is 6.92. The molecule has 0 radical (unpaired) electrons. The molecule has 3 N–H and O–H groups in total. The lowest BCUT2D eigenvalue weighted by Gasteiger charge is -2.28. The number of fused-ring (bicyclic) bond motifs is 1. The zero-order chi connectivity index (χ0) is 19.6. The van der Waals surface area contributed by atoms with Crippen molar-refractivity contribution in [3.8, 4) is 11.1 Å². The summed E-state index contributed by atoms with van der Waals surface area (Å²) in [6, 6.07) is 22.5. The number of oxazole rings is 1. The van der Waals surface area contributed by atoms with Crippen LogP contribution in [0.2, 0.25) is 0 Å². The number of morpholine rings is 1. The lowest BCUT2D eigenvalue weighted by atomic mass is 10.0. The van der Waals surface area contributed by atoms with Crippen LogP contribution in [-0.2, 0) is 4.74 Å². The van der Waals surface area contributed by atoms with Gasteiger partial charge in [0.05, 0.1) is 13.2 Å². The average molecular weight is 386 g/mol. The molecular weight excluding hydrogens is 364 g/mol. The monoisotopic (exact) mass is 386 g/mol. The van der Waals surface area contributed by atoms with E-state index < -0.39 is 0 Å². The summed E-state index contributed by atoms with van der Waals surface area (Å²) in [5.41, 5.74) is 12.3. The van der Waals surface area contributed by atoms with E-state index in [1.807, 2.05) is 54.6 Å². The van der Waals surface area contributed by atoms with Crippen LogP contribution in [0.15, 0.2) is 71.1 Å². The zero-order valence-corrected chi connectivity index (χ0v) is 16.0. The Morgan fingerprint density at radius 3 is 2.41 bits per heavy atom. The van der Waals surface area contributed by atoms with E-state index in [-0.39, 0.29) is 0 Å². The fourth-order valence-electron chi connectivity index (χ4n) is 3.59. The Bertz CT molecular complexity index is 1110. The minimum atomic E-state index is 0.474. The van der Waals surface area contributed by atoms with Gasteiger partial charge in [-0.15, -0.1) is 0 Å². The molecule has 29 heavy (non-hydrogen) atoms. The van der Waals surface area contributed by atoms with Crippen molar-refractivity contribution in [2.45, 2.75) is 0 Å². The third-order valence-electron chi connectivity index (χ3n) is 5.13. The molecule has 1 aliphatic rings. The number of nitrogens with one attached hydrogen (secondary N) is 1. The molecular formula is C23H22N4O2. The van der Waals surface area contributed by atoms with Crippen LogP contribution >= 0.6 is 0 Å². The van der Waals surface area contributed by atoms with Crippen molar-refractivity contribution in [2.24, 2.45) is 0 Å². The predicted molar refractivity (Wildman–Crippen MR) is 117 cm³/mol. The van der Waals surface area contributed by atoms with Gasteiger partial charge in [0.25, 0.3) is 6.01 Å². The van der Waals surface area contributed by atoms with Crippen LogP contribution in [0.25, 0.3) is 22.2 Å². The SMILES string of the molecule is Nc1ccc(-c2cccc3nc(Nc4ccc(N5CCOCC5)cc4)oc23)cc1. The highest BCUT2D eigenvalue weighted by molar-refractivity contribution is 5.91. The maximum absolute atomic E-state index is 6.05. The van der Waals surface area contributed by atoms with Crippen LogP contribution in [0.1, 0.15) is 0 Å². The molecule has 3 aromatic carbocycles. The van der Waals surface area contributed by atoms with Gasteiger partial charge in [0.15, 0.2) is 5.58 Å². The molecule has 4 aromatic rings. The first-order valence-electron chi connectivity index (χ1n) is 9.71. The standard InChI is InChI=1S/C23H22N4O2/c24-17-6-4-16(5-7-17)20-2-1-3-21-22(20)29-23(26-21)25-18-8-10-19(11-9-18)27-12-14-28-15-13-27/h1-11H,12-15,24H2,(H,25,26). The minimum absolute atomic E-state index is 0.474. The summed E-state index contributed by atoms with van der Waals surface area (Å²) in [6.45, 7) is 3.40. The van der Waals surface area contributed by atoms with Crippen LogP contribution in [0.3, 0.4) is 0 Å². The second-order valence-corrected chi connectivity index (χ2v) is 7.07. The third kappa shape index (κ3) is 3.62. The van der Waals surface area contributed by atoms with E-state index in [2.05, 4.69) is 27.3 Å². The van der Waals surface area contributed by atoms with Gasteiger partial charge in [-0.25, -0.2) is 0 Å². The number of rotatable bonds is 4. The Hall–Kier alpha value is -3.51. The van der Waals surface area contributed by atoms with E-state index in [1.165, 1.54) is 5.69 Å². The summed E-state index contributed by atoms with van der Waals surface area (Å²) < 4.78 is 11.5. The van der Waals surface area contributed by atoms with Crippen molar-refractivity contribution in [1.82, 2.24) is 4.98 Å². The molecule has 6 nitrogen and oxygen atoms in total. The molecule has 1 fully saturated rings. The van der Waals surface area contributed by atoms with Gasteiger partial charge < -0.3 is 25.1 Å². The van der Waals surface area contributed by atoms with Gasteiger partial charge in [0.2, 0.25) is 0 Å². The fraction of sp³-hybridized carbons (Fsp3) is 0.174. The number of nitrogen functional groups attached to an aromatic ring is 1. The number of hydrogen-bond acceptors (Lipinski definition) is 6. The van der Waals surface area contributed by atoms with Crippen LogP contribution in [-0.4, -0.2) is 31.3 Å². The zero-order valence-electron chi connectivity index (χ0n) is 16.0. The maximum Gasteiger partial charge on any atom is 0.300 e. The van der Waals surface area contributed by atoms with Gasteiger partial charge in [0.1, 0.15) is 5.52 Å². The fourth-order valence-corrected chi connectivity index (χ4v) is 3.59. The van der Waals surface area contributed by atoms with Crippen molar-refractivity contribution in [1.29, 1.82) is 0 Å². The summed E-state index contributed by atoms with van der Waals surface area (Å²) in [6.07, 6.45) is 0. The van der Waals surface area contributed by atoms with E-state index >= 15 is 0 Å². The smallest absolute Gasteiger partial charge is 0.300 e. The molecule has 0 unspecified atom stereocenters. The molecule has 0 saturated carbocycles. The first kappa shape index (κ1) is 17.6. The van der Waals surface area contributed by atoms with Crippen molar-refractivity contribution in [3.63, 3.8) is 0 Å². The normalized spacial score (nSPS) is 14.3. The van der Waals surface area contributed by atoms with Crippen LogP contribution in [0, 0.1) is 0 Å². The second-order valence-electron chi connectivity index (χ2n) is 7.07. The number of aromatic nitrogens is 1. The molecule has 0 atom stereocenters. The molecule has 0 aliphatic carbocycles. The number of para-hydroxylation sites is 1. The van der Waals surface area contributed by atoms with Crippen molar-refractivity contribution in [2.75, 3.05) is 42.3 Å². The second kappa shape index (κ2) is 7.48. The summed E-state index contributed by atoms with van der Waals surface area (Å²) in [5.74, 6) is 0. The minimum Gasteiger partial charge on any atom is -0.423 e. The number of benzene rings is 3. The van der Waals surface area contributed by atoms with E-state index in [0.717, 1.165) is 59.9 Å². The Labute approximate surface area is 168 Å². The summed E-state index contributed by atoms with van der Waals surface area (Å²) in [7, 11) is 0. The van der Waals surface area contributed by atoms with Crippen molar-refractivity contribution >= 4 is 34.2 Å². The van der Waals surface area contributed by atoms with E-state index in [0.29, 0.717) is 6.01 Å². The lowest BCUT2D eigenvalue weighted by molar-refractivity contribution is 0.122. The number of hydrogen-bond donors (Lipinski definition) is 2. The molecule has 6 heteroatoms. The highest BCUT2D eigenvalue weighted by atomic mass is 16.5. The Kier molecular flexibility index (Phi) is 4.54. The number of nitrogens with zero attached hydrogens (tertiary/aromatic N) is 2. The van der Waals surface area contributed by atoms with Crippen molar-refractivity contribution < 1.29 is 9.15 Å². The molecule has 0 amide bonds. The molecule has 146 valence electrons. The first-order valence-corrected chi connectivity index (χ1v) is 9.71. The third-order valence-corrected chi connectivity index (χ3v) is 5.13. The Balaban J connectivity index is 1.39. The number of ether oxygens (including phenoxy) is 1. The van der Waals surface area contributed by atoms with Gasteiger partial charge in [0, 0.05) is 35.7 Å². The quantitative estimate of drug-likeness (QED) is 0.497. The molecule has 5 rings (SSSR count). The van der Waals surface area contributed by atoms with Gasteiger partial charge >= 0.3 is 0 Å². The molecule has 0 bridgehead atoms. The van der Waals surface area contributed by atoms with Gasteiger partial charge in [-0.2, -0.15) is 4.98 Å². The van der Waals surface area contributed by atoms with Crippen LogP contribution in [0.4, 0.5) is 23.1 Å². The first-order chi connectivity index (χ1) is 14.3. The Morgan fingerprint density at radius 2 is 1.66 bits per heavy atom. The lowest BCUT2D eigenvalue weighted by Crippen LogP contribution is -2.36. The highest BCUT2D eigenvalue weighted by Crippen LogP contribution is 2.32. The molecule has 1 aliphatic heterocycles. The number of anilines is 4. The molecule has 0 spiro atoms. The van der Waals surface area contributed by atoms with Gasteiger partial charge in [-0.3, -0.25) is 0 Å². The largest absolute Gasteiger partial charge is 0.423 e. The predicted octanol–water partition coefficient (Wildman–Crippen LogP) is 4.66. The Morgan fingerprint density at radius 1 is 0.897 bits per heavy atom. The van der Waals surface area contributed by atoms with E-state index in [1.54, 1.807) is 0 Å². The average Bonchev–Trinajstić information content (AvgIpc) is 3.18. The van der Waals surface area contributed by atoms with Crippen molar-refractivity contribution in [3.05, 3.63) is 66.7 Å². The molecule has 1 aromatic heterocycles. The molecule has 1 saturated heterocycles. The van der Waals surface area contributed by atoms with Gasteiger partial charge in [-0.05, 0) is 48.0 Å². The number of nitrogens with two attached hydrogens (primary N) is 1. The van der Waals surface area contributed by atoms with Gasteiger partial charge in [-0.1, -0.05) is 24.3 Å². The molecule has 2 heterocycles. The summed E-state index contributed by atoms with van der Waals surface area (Å²) >= 11 is 0. The van der Waals surface area contributed by atoms with E-state index in [4.69, 9.17) is 14.9 Å². The maximum atomic E-state index is 6.05. The highest BCUT2D eigenvalue weighted by Gasteiger charge is 2.13. The van der Waals surface area contributed by atoms with E-state index in [9.17, 15) is 0 Å². The van der Waals surface area contributed by atoms with Crippen LogP contribution < -0.4 is 16.0 Å². The topological polar surface area (TPSA) is 76.5 Å².